The minimum absolute atomic E-state index is 0.0442. The summed E-state index contributed by atoms with van der Waals surface area (Å²) in [6, 6.07) is 8.39. The zero-order valence-electron chi connectivity index (χ0n) is 14.4. The van der Waals surface area contributed by atoms with Crippen molar-refractivity contribution in [2.45, 2.75) is 12.5 Å². The lowest BCUT2D eigenvalue weighted by Gasteiger charge is -2.18. The van der Waals surface area contributed by atoms with Crippen molar-refractivity contribution < 1.29 is 18.9 Å². The number of benzene rings is 1. The third kappa shape index (κ3) is 8.04. The van der Waals surface area contributed by atoms with Crippen molar-refractivity contribution in [3.63, 3.8) is 0 Å². The molecule has 0 saturated carbocycles. The molecule has 0 bridgehead atoms. The van der Waals surface area contributed by atoms with Crippen molar-refractivity contribution in [2.75, 3.05) is 59.3 Å². The van der Waals surface area contributed by atoms with Gasteiger partial charge < -0.3 is 24.3 Å². The molecule has 5 heteroatoms. The maximum Gasteiger partial charge on any atom is 0.0849 e. The van der Waals surface area contributed by atoms with E-state index in [2.05, 4.69) is 36.2 Å². The van der Waals surface area contributed by atoms with Gasteiger partial charge in [0.1, 0.15) is 0 Å². The van der Waals surface area contributed by atoms with E-state index in [-0.39, 0.29) is 6.10 Å². The van der Waals surface area contributed by atoms with Crippen molar-refractivity contribution in [3.05, 3.63) is 42.0 Å². The second-order valence-corrected chi connectivity index (χ2v) is 5.69. The maximum atomic E-state index is 5.99. The summed E-state index contributed by atoms with van der Waals surface area (Å²) in [4.78, 5) is 0. The first-order valence-corrected chi connectivity index (χ1v) is 8.65. The van der Waals surface area contributed by atoms with Crippen LogP contribution in [0.4, 0.5) is 0 Å². The Morgan fingerprint density at radius 2 is 1.58 bits per heavy atom. The Morgan fingerprint density at radius 3 is 2.33 bits per heavy atom. The quantitative estimate of drug-likeness (QED) is 0.914. The first kappa shape index (κ1) is 19.1. The van der Waals surface area contributed by atoms with Crippen LogP contribution in [0.1, 0.15) is 11.1 Å². The van der Waals surface area contributed by atoms with Crippen LogP contribution in [0.25, 0.3) is 6.08 Å². The van der Waals surface area contributed by atoms with Gasteiger partial charge in [0.05, 0.1) is 52.4 Å². The average molecular weight is 335 g/mol. The molecule has 1 saturated heterocycles. The van der Waals surface area contributed by atoms with Crippen LogP contribution in [-0.4, -0.2) is 65.4 Å². The third-order valence-electron chi connectivity index (χ3n) is 3.78. The van der Waals surface area contributed by atoms with E-state index in [0.29, 0.717) is 46.2 Å². The second-order valence-electron chi connectivity index (χ2n) is 5.69. The molecule has 1 aromatic rings. The lowest BCUT2D eigenvalue weighted by atomic mass is 10.1. The molecule has 1 unspecified atom stereocenters. The molecule has 1 aliphatic rings. The molecular weight excluding hydrogens is 306 g/mol. The van der Waals surface area contributed by atoms with E-state index < -0.39 is 0 Å². The molecule has 1 fully saturated rings. The molecule has 2 rings (SSSR count). The van der Waals surface area contributed by atoms with Gasteiger partial charge in [-0.05, 0) is 11.1 Å². The van der Waals surface area contributed by atoms with Crippen LogP contribution in [0.5, 0.6) is 0 Å². The van der Waals surface area contributed by atoms with Gasteiger partial charge in [0.2, 0.25) is 0 Å². The molecule has 0 aliphatic carbocycles. The molecular formula is C19H29NO4. The Balaban J connectivity index is 1.82. The van der Waals surface area contributed by atoms with E-state index in [4.69, 9.17) is 18.9 Å². The number of ether oxygens (including phenoxy) is 4. The van der Waals surface area contributed by atoms with Crippen LogP contribution in [0.2, 0.25) is 0 Å². The average Bonchev–Trinajstić information content (AvgIpc) is 2.62. The SMILES string of the molecule is C=Cc1ccc(CC2COCCOCCOCCNCCO2)cc1. The summed E-state index contributed by atoms with van der Waals surface area (Å²) in [5.74, 6) is 0. The summed E-state index contributed by atoms with van der Waals surface area (Å²) in [6.07, 6.45) is 2.73. The molecule has 0 spiro atoms. The van der Waals surface area contributed by atoms with Gasteiger partial charge in [-0.1, -0.05) is 36.9 Å². The highest BCUT2D eigenvalue weighted by Gasteiger charge is 2.11. The highest BCUT2D eigenvalue weighted by atomic mass is 16.6. The number of nitrogens with one attached hydrogen (secondary N) is 1. The molecule has 24 heavy (non-hydrogen) atoms. The van der Waals surface area contributed by atoms with Crippen molar-refractivity contribution in [2.24, 2.45) is 0 Å². The largest absolute Gasteiger partial charge is 0.378 e. The topological polar surface area (TPSA) is 49.0 Å². The van der Waals surface area contributed by atoms with E-state index in [0.717, 1.165) is 25.1 Å². The van der Waals surface area contributed by atoms with E-state index in [1.54, 1.807) is 0 Å². The zero-order valence-corrected chi connectivity index (χ0v) is 14.4. The minimum atomic E-state index is 0.0442. The zero-order chi connectivity index (χ0) is 16.9. The summed E-state index contributed by atoms with van der Waals surface area (Å²) in [5, 5.41) is 3.31. The molecule has 1 N–H and O–H groups in total. The van der Waals surface area contributed by atoms with Crippen LogP contribution in [0, 0.1) is 0 Å². The van der Waals surface area contributed by atoms with Crippen LogP contribution >= 0.6 is 0 Å². The highest BCUT2D eigenvalue weighted by Crippen LogP contribution is 2.10. The van der Waals surface area contributed by atoms with Gasteiger partial charge in [0.15, 0.2) is 0 Å². The molecule has 0 aromatic heterocycles. The van der Waals surface area contributed by atoms with Gasteiger partial charge in [-0.3, -0.25) is 0 Å². The molecule has 0 amide bonds. The Morgan fingerprint density at radius 1 is 0.917 bits per heavy atom. The van der Waals surface area contributed by atoms with Gasteiger partial charge in [0, 0.05) is 19.5 Å². The third-order valence-corrected chi connectivity index (χ3v) is 3.78. The fraction of sp³-hybridized carbons (Fsp3) is 0.579. The predicted octanol–water partition coefficient (Wildman–Crippen LogP) is 1.91. The van der Waals surface area contributed by atoms with Crippen molar-refractivity contribution in [3.8, 4) is 0 Å². The maximum absolute atomic E-state index is 5.99. The Bertz CT molecular complexity index is 433. The minimum Gasteiger partial charge on any atom is -0.378 e. The molecule has 1 atom stereocenters. The molecule has 5 nitrogen and oxygen atoms in total. The van der Waals surface area contributed by atoms with Gasteiger partial charge in [-0.15, -0.1) is 0 Å². The standard InChI is InChI=1S/C19H29NO4/c1-2-17-3-5-18(6-4-17)15-19-16-23-14-13-22-12-11-21-9-7-20-8-10-24-19/h2-6,19-20H,1,7-16H2. The lowest BCUT2D eigenvalue weighted by molar-refractivity contribution is -0.0324. The Labute approximate surface area is 144 Å². The van der Waals surface area contributed by atoms with E-state index in [1.165, 1.54) is 5.56 Å². The molecule has 1 heterocycles. The lowest BCUT2D eigenvalue weighted by Crippen LogP contribution is -2.29. The Hall–Kier alpha value is -1.24. The van der Waals surface area contributed by atoms with Crippen molar-refractivity contribution in [1.29, 1.82) is 0 Å². The van der Waals surface area contributed by atoms with E-state index in [9.17, 15) is 0 Å². The van der Waals surface area contributed by atoms with Gasteiger partial charge in [-0.2, -0.15) is 0 Å². The van der Waals surface area contributed by atoms with Gasteiger partial charge >= 0.3 is 0 Å². The summed E-state index contributed by atoms with van der Waals surface area (Å²) >= 11 is 0. The fourth-order valence-electron chi connectivity index (χ4n) is 2.44. The summed E-state index contributed by atoms with van der Waals surface area (Å²) in [6.45, 7) is 9.75. The summed E-state index contributed by atoms with van der Waals surface area (Å²) in [7, 11) is 0. The normalized spacial score (nSPS) is 22.2. The first-order chi connectivity index (χ1) is 11.9. The summed E-state index contributed by atoms with van der Waals surface area (Å²) in [5.41, 5.74) is 2.37. The number of rotatable bonds is 3. The Kier molecular flexibility index (Phi) is 9.68. The number of hydrogen-bond donors (Lipinski definition) is 1. The van der Waals surface area contributed by atoms with Crippen LogP contribution in [0.15, 0.2) is 30.8 Å². The summed E-state index contributed by atoms with van der Waals surface area (Å²) < 4.78 is 22.6. The van der Waals surface area contributed by atoms with Crippen LogP contribution in [-0.2, 0) is 25.4 Å². The fourth-order valence-corrected chi connectivity index (χ4v) is 2.44. The molecule has 0 radical (unpaired) electrons. The molecule has 1 aliphatic heterocycles. The smallest absolute Gasteiger partial charge is 0.0849 e. The van der Waals surface area contributed by atoms with Crippen molar-refractivity contribution >= 4 is 6.08 Å². The van der Waals surface area contributed by atoms with Crippen LogP contribution < -0.4 is 5.32 Å². The van der Waals surface area contributed by atoms with E-state index >= 15 is 0 Å². The van der Waals surface area contributed by atoms with Gasteiger partial charge in [-0.25, -0.2) is 0 Å². The van der Waals surface area contributed by atoms with Crippen molar-refractivity contribution in [1.82, 2.24) is 5.32 Å². The van der Waals surface area contributed by atoms with Gasteiger partial charge in [0.25, 0.3) is 0 Å². The number of hydrogen-bond acceptors (Lipinski definition) is 5. The monoisotopic (exact) mass is 335 g/mol. The predicted molar refractivity (Wildman–Crippen MR) is 95.3 cm³/mol. The van der Waals surface area contributed by atoms with E-state index in [1.807, 2.05) is 6.08 Å². The molecule has 1 aromatic carbocycles. The molecule has 134 valence electrons. The highest BCUT2D eigenvalue weighted by molar-refractivity contribution is 5.47. The second kappa shape index (κ2) is 12.2. The van der Waals surface area contributed by atoms with Crippen LogP contribution in [0.3, 0.4) is 0 Å². The first-order valence-electron chi connectivity index (χ1n) is 8.65.